The zero-order valence-corrected chi connectivity index (χ0v) is 9.60. The highest BCUT2D eigenvalue weighted by molar-refractivity contribution is 9.10. The zero-order chi connectivity index (χ0) is 10.3. The molecule has 1 aliphatic carbocycles. The molecular formula is C11H12BrNO. The van der Waals surface area contributed by atoms with Crippen LogP contribution in [0.25, 0.3) is 0 Å². The Morgan fingerprint density at radius 3 is 2.93 bits per heavy atom. The van der Waals surface area contributed by atoms with Gasteiger partial charge in [-0.2, -0.15) is 0 Å². The van der Waals surface area contributed by atoms with Gasteiger partial charge in [-0.15, -0.1) is 0 Å². The minimum atomic E-state index is -0.473. The molecule has 0 fully saturated rings. The molecule has 1 unspecified atom stereocenters. The van der Waals surface area contributed by atoms with E-state index in [-0.39, 0.29) is 5.91 Å². The molecule has 1 amide bonds. The normalized spacial score (nSPS) is 24.7. The van der Waals surface area contributed by atoms with Crippen molar-refractivity contribution in [3.8, 4) is 0 Å². The number of carbonyl (C=O) groups is 1. The Morgan fingerprint density at radius 2 is 2.29 bits per heavy atom. The molecule has 1 aliphatic rings. The van der Waals surface area contributed by atoms with Gasteiger partial charge in [0.1, 0.15) is 0 Å². The summed E-state index contributed by atoms with van der Waals surface area (Å²) in [6, 6.07) is 5.96. The van der Waals surface area contributed by atoms with Crippen molar-refractivity contribution in [1.82, 2.24) is 0 Å². The Hall–Kier alpha value is -0.830. The van der Waals surface area contributed by atoms with Gasteiger partial charge in [0.05, 0.1) is 5.41 Å². The number of hydrogen-bond donors (Lipinski definition) is 1. The van der Waals surface area contributed by atoms with Crippen LogP contribution >= 0.6 is 15.9 Å². The summed E-state index contributed by atoms with van der Waals surface area (Å²) < 4.78 is 1.08. The molecule has 74 valence electrons. The van der Waals surface area contributed by atoms with Crippen molar-refractivity contribution < 1.29 is 4.79 Å². The highest BCUT2D eigenvalue weighted by atomic mass is 79.9. The molecular weight excluding hydrogens is 242 g/mol. The van der Waals surface area contributed by atoms with E-state index in [9.17, 15) is 4.79 Å². The molecule has 1 aromatic rings. The van der Waals surface area contributed by atoms with Gasteiger partial charge in [0.2, 0.25) is 5.91 Å². The molecule has 0 spiro atoms. The molecule has 0 aliphatic heterocycles. The lowest BCUT2D eigenvalue weighted by Gasteiger charge is -2.20. The number of amides is 1. The zero-order valence-electron chi connectivity index (χ0n) is 8.01. The topological polar surface area (TPSA) is 43.1 Å². The van der Waals surface area contributed by atoms with Crippen molar-refractivity contribution in [3.63, 3.8) is 0 Å². The fraction of sp³-hybridized carbons (Fsp3) is 0.364. The van der Waals surface area contributed by atoms with Gasteiger partial charge in [-0.25, -0.2) is 0 Å². The first-order valence-electron chi connectivity index (χ1n) is 4.63. The number of fused-ring (bicyclic) bond motifs is 1. The van der Waals surface area contributed by atoms with Crippen LogP contribution in [0, 0.1) is 0 Å². The van der Waals surface area contributed by atoms with Crippen LogP contribution in [0.3, 0.4) is 0 Å². The molecule has 2 rings (SSSR count). The predicted molar refractivity (Wildman–Crippen MR) is 59.0 cm³/mol. The van der Waals surface area contributed by atoms with Crippen LogP contribution < -0.4 is 5.73 Å². The number of primary amides is 1. The van der Waals surface area contributed by atoms with Gasteiger partial charge in [-0.05, 0) is 37.0 Å². The van der Waals surface area contributed by atoms with Crippen LogP contribution in [-0.2, 0) is 16.6 Å². The minimum absolute atomic E-state index is 0.227. The van der Waals surface area contributed by atoms with Gasteiger partial charge < -0.3 is 5.73 Å². The second kappa shape index (κ2) is 3.09. The standard InChI is InChI=1S/C11H12BrNO/c1-11(10(13)14)6-5-7-8(11)3-2-4-9(7)12/h2-4H,5-6H2,1H3,(H2,13,14). The fourth-order valence-corrected chi connectivity index (χ4v) is 2.66. The summed E-state index contributed by atoms with van der Waals surface area (Å²) in [4.78, 5) is 11.4. The first-order chi connectivity index (χ1) is 6.55. The molecule has 2 N–H and O–H groups in total. The number of halogens is 1. The van der Waals surface area contributed by atoms with Crippen molar-refractivity contribution >= 4 is 21.8 Å². The number of nitrogens with two attached hydrogens (primary N) is 1. The van der Waals surface area contributed by atoms with Crippen molar-refractivity contribution in [1.29, 1.82) is 0 Å². The van der Waals surface area contributed by atoms with Gasteiger partial charge in [0, 0.05) is 4.47 Å². The Balaban J connectivity index is 2.60. The fourth-order valence-electron chi connectivity index (χ4n) is 2.10. The van der Waals surface area contributed by atoms with Crippen LogP contribution in [0.2, 0.25) is 0 Å². The van der Waals surface area contributed by atoms with Crippen molar-refractivity contribution in [3.05, 3.63) is 33.8 Å². The Kier molecular flexibility index (Phi) is 2.14. The Bertz CT molecular complexity index is 402. The number of rotatable bonds is 1. The molecule has 1 atom stereocenters. The van der Waals surface area contributed by atoms with Gasteiger partial charge in [0.15, 0.2) is 0 Å². The maximum absolute atomic E-state index is 11.4. The van der Waals surface area contributed by atoms with E-state index in [1.165, 1.54) is 5.56 Å². The third kappa shape index (κ3) is 1.19. The highest BCUT2D eigenvalue weighted by Gasteiger charge is 2.39. The summed E-state index contributed by atoms with van der Waals surface area (Å²) >= 11 is 3.50. The van der Waals surface area contributed by atoms with Gasteiger partial charge in [-0.3, -0.25) is 4.79 Å². The summed E-state index contributed by atoms with van der Waals surface area (Å²) in [7, 11) is 0. The molecule has 3 heteroatoms. The molecule has 0 aromatic heterocycles. The monoisotopic (exact) mass is 253 g/mol. The predicted octanol–water partition coefficient (Wildman–Crippen LogP) is 2.14. The minimum Gasteiger partial charge on any atom is -0.369 e. The first-order valence-corrected chi connectivity index (χ1v) is 5.43. The summed E-state index contributed by atoms with van der Waals surface area (Å²) in [6.45, 7) is 1.92. The number of carbonyl (C=O) groups excluding carboxylic acids is 1. The SMILES string of the molecule is CC1(C(N)=O)CCc2c(Br)cccc21. The lowest BCUT2D eigenvalue weighted by atomic mass is 9.83. The van der Waals surface area contributed by atoms with Crippen LogP contribution in [-0.4, -0.2) is 5.91 Å². The highest BCUT2D eigenvalue weighted by Crippen LogP contribution is 2.41. The second-order valence-corrected chi connectivity index (χ2v) is 4.82. The number of benzene rings is 1. The Morgan fingerprint density at radius 1 is 1.57 bits per heavy atom. The first kappa shape index (κ1) is 9.71. The van der Waals surface area contributed by atoms with Crippen molar-refractivity contribution in [2.45, 2.75) is 25.2 Å². The quantitative estimate of drug-likeness (QED) is 0.819. The van der Waals surface area contributed by atoms with E-state index < -0.39 is 5.41 Å². The molecule has 0 saturated heterocycles. The smallest absolute Gasteiger partial charge is 0.227 e. The van der Waals surface area contributed by atoms with Crippen molar-refractivity contribution in [2.24, 2.45) is 5.73 Å². The van der Waals surface area contributed by atoms with Crippen LogP contribution in [0.4, 0.5) is 0 Å². The summed E-state index contributed by atoms with van der Waals surface area (Å²) in [5, 5.41) is 0. The summed E-state index contributed by atoms with van der Waals surface area (Å²) in [6.07, 6.45) is 1.75. The summed E-state index contributed by atoms with van der Waals surface area (Å²) in [5.74, 6) is -0.227. The summed E-state index contributed by atoms with van der Waals surface area (Å²) in [5.41, 5.74) is 7.28. The van der Waals surface area contributed by atoms with Crippen LogP contribution in [0.1, 0.15) is 24.5 Å². The molecule has 1 aromatic carbocycles. The average Bonchev–Trinajstić information content (AvgIpc) is 2.47. The van der Waals surface area contributed by atoms with E-state index in [0.717, 1.165) is 22.9 Å². The van der Waals surface area contributed by atoms with E-state index in [2.05, 4.69) is 15.9 Å². The van der Waals surface area contributed by atoms with E-state index in [0.29, 0.717) is 0 Å². The third-order valence-corrected chi connectivity index (χ3v) is 3.88. The largest absolute Gasteiger partial charge is 0.369 e. The van der Waals surface area contributed by atoms with Gasteiger partial charge in [-0.1, -0.05) is 28.1 Å². The molecule has 0 bridgehead atoms. The third-order valence-electron chi connectivity index (χ3n) is 3.13. The molecule has 2 nitrogen and oxygen atoms in total. The maximum atomic E-state index is 11.4. The van der Waals surface area contributed by atoms with E-state index >= 15 is 0 Å². The molecule has 0 radical (unpaired) electrons. The van der Waals surface area contributed by atoms with E-state index in [1.54, 1.807) is 0 Å². The molecule has 14 heavy (non-hydrogen) atoms. The molecule has 0 saturated carbocycles. The lowest BCUT2D eigenvalue weighted by Crippen LogP contribution is -2.36. The van der Waals surface area contributed by atoms with E-state index in [4.69, 9.17) is 5.73 Å². The molecule has 0 heterocycles. The van der Waals surface area contributed by atoms with Gasteiger partial charge >= 0.3 is 0 Å². The maximum Gasteiger partial charge on any atom is 0.227 e. The van der Waals surface area contributed by atoms with Crippen LogP contribution in [0.5, 0.6) is 0 Å². The lowest BCUT2D eigenvalue weighted by molar-refractivity contribution is -0.122. The second-order valence-electron chi connectivity index (χ2n) is 3.96. The average molecular weight is 254 g/mol. The van der Waals surface area contributed by atoms with Crippen molar-refractivity contribution in [2.75, 3.05) is 0 Å². The van der Waals surface area contributed by atoms with Crippen LogP contribution in [0.15, 0.2) is 22.7 Å². The number of hydrogen-bond acceptors (Lipinski definition) is 1. The van der Waals surface area contributed by atoms with Gasteiger partial charge in [0.25, 0.3) is 0 Å². The Labute approximate surface area is 91.6 Å². The van der Waals surface area contributed by atoms with E-state index in [1.807, 2.05) is 25.1 Å².